The van der Waals surface area contributed by atoms with Crippen molar-refractivity contribution in [1.82, 2.24) is 9.97 Å². The maximum absolute atomic E-state index is 12.2. The second-order valence-electron chi connectivity index (χ2n) is 5.89. The van der Waals surface area contributed by atoms with Gasteiger partial charge in [-0.05, 0) is 31.0 Å². The van der Waals surface area contributed by atoms with E-state index in [0.29, 0.717) is 33.3 Å². The molecule has 24 heavy (non-hydrogen) atoms. The maximum Gasteiger partial charge on any atom is 0.258 e. The van der Waals surface area contributed by atoms with Gasteiger partial charge in [-0.25, -0.2) is 9.97 Å². The number of benzene rings is 1. The number of aromatic nitrogens is 2. The lowest BCUT2D eigenvalue weighted by atomic mass is 9.96. The van der Waals surface area contributed by atoms with Gasteiger partial charge in [-0.3, -0.25) is 4.79 Å². The third-order valence-corrected chi connectivity index (χ3v) is 4.41. The molecule has 5 nitrogen and oxygen atoms in total. The summed E-state index contributed by atoms with van der Waals surface area (Å²) >= 11 is 11.8. The number of hydrogen-bond donors (Lipinski definition) is 2. The van der Waals surface area contributed by atoms with Gasteiger partial charge >= 0.3 is 0 Å². The molecule has 1 saturated carbocycles. The van der Waals surface area contributed by atoms with Crippen LogP contribution in [0, 0.1) is 0 Å². The van der Waals surface area contributed by atoms with Gasteiger partial charge in [-0.1, -0.05) is 42.5 Å². The number of nitrogens with zero attached hydrogens (tertiary/aromatic N) is 2. The predicted octanol–water partition coefficient (Wildman–Crippen LogP) is 4.78. The average molecular weight is 365 g/mol. The summed E-state index contributed by atoms with van der Waals surface area (Å²) in [5.41, 5.74) is 0.905. The Kier molecular flexibility index (Phi) is 5.53. The zero-order valence-electron chi connectivity index (χ0n) is 13.1. The Hall–Kier alpha value is -1.85. The summed E-state index contributed by atoms with van der Waals surface area (Å²) in [5.74, 6) is 0.252. The Balaban J connectivity index is 1.62. The van der Waals surface area contributed by atoms with Crippen molar-refractivity contribution in [2.75, 3.05) is 10.6 Å². The number of nitrogens with one attached hydrogen (secondary N) is 2. The van der Waals surface area contributed by atoms with E-state index in [1.165, 1.54) is 31.7 Å². The first-order valence-corrected chi connectivity index (χ1v) is 8.72. The first-order chi connectivity index (χ1) is 11.6. The summed E-state index contributed by atoms with van der Waals surface area (Å²) < 4.78 is 0. The van der Waals surface area contributed by atoms with Crippen LogP contribution in [0.3, 0.4) is 0 Å². The number of hydrogen-bond acceptors (Lipinski definition) is 4. The molecule has 0 radical (unpaired) electrons. The van der Waals surface area contributed by atoms with Crippen molar-refractivity contribution < 1.29 is 4.79 Å². The molecule has 7 heteroatoms. The lowest BCUT2D eigenvalue weighted by molar-refractivity contribution is 0.102. The van der Waals surface area contributed by atoms with Crippen LogP contribution in [0.5, 0.6) is 0 Å². The van der Waals surface area contributed by atoms with Gasteiger partial charge in [0.1, 0.15) is 0 Å². The van der Waals surface area contributed by atoms with Crippen LogP contribution in [0.1, 0.15) is 42.5 Å². The number of rotatable bonds is 4. The van der Waals surface area contributed by atoms with Crippen LogP contribution in [-0.4, -0.2) is 21.9 Å². The quantitative estimate of drug-likeness (QED) is 0.818. The molecule has 2 N–H and O–H groups in total. The van der Waals surface area contributed by atoms with Crippen LogP contribution in [-0.2, 0) is 0 Å². The summed E-state index contributed by atoms with van der Waals surface area (Å²) in [7, 11) is 0. The second kappa shape index (κ2) is 7.81. The van der Waals surface area contributed by atoms with E-state index in [0.717, 1.165) is 12.8 Å². The molecule has 0 saturated heterocycles. The van der Waals surface area contributed by atoms with Crippen molar-refractivity contribution in [3.8, 4) is 0 Å². The number of carbonyl (C=O) groups excluding carboxylic acids is 1. The van der Waals surface area contributed by atoms with Crippen LogP contribution in [0.4, 0.5) is 11.6 Å². The highest BCUT2D eigenvalue weighted by atomic mass is 35.5. The molecule has 1 heterocycles. The third-order valence-electron chi connectivity index (χ3n) is 3.97. The van der Waals surface area contributed by atoms with Crippen molar-refractivity contribution in [3.05, 3.63) is 46.2 Å². The Labute approximate surface area is 150 Å². The number of anilines is 2. The van der Waals surface area contributed by atoms with E-state index < -0.39 is 0 Å². The molecule has 0 bridgehead atoms. The smallest absolute Gasteiger partial charge is 0.258 e. The van der Waals surface area contributed by atoms with Gasteiger partial charge in [0, 0.05) is 34.2 Å². The normalized spacial score (nSPS) is 15.1. The Morgan fingerprint density at radius 2 is 1.62 bits per heavy atom. The summed E-state index contributed by atoms with van der Waals surface area (Å²) in [5, 5.41) is 6.97. The van der Waals surface area contributed by atoms with E-state index >= 15 is 0 Å². The van der Waals surface area contributed by atoms with Gasteiger partial charge in [0.05, 0.1) is 5.56 Å². The Bertz CT molecular complexity index is 695. The fourth-order valence-electron chi connectivity index (χ4n) is 2.78. The summed E-state index contributed by atoms with van der Waals surface area (Å²) in [4.78, 5) is 20.7. The average Bonchev–Trinajstić information content (AvgIpc) is 2.55. The SMILES string of the molecule is O=C(Nc1cc(Cl)cc(Cl)c1)c1cnc(NC2CCCCC2)nc1. The molecule has 1 amide bonds. The zero-order chi connectivity index (χ0) is 16.9. The highest BCUT2D eigenvalue weighted by molar-refractivity contribution is 6.35. The highest BCUT2D eigenvalue weighted by Crippen LogP contribution is 2.23. The minimum absolute atomic E-state index is 0.308. The van der Waals surface area contributed by atoms with E-state index in [9.17, 15) is 4.79 Å². The standard InChI is InChI=1S/C17H18Cl2N4O/c18-12-6-13(19)8-15(7-12)22-16(24)11-9-20-17(21-10-11)23-14-4-2-1-3-5-14/h6-10,14H,1-5H2,(H,22,24)(H,20,21,23). The lowest BCUT2D eigenvalue weighted by Gasteiger charge is -2.22. The van der Waals surface area contributed by atoms with Crippen LogP contribution >= 0.6 is 23.2 Å². The van der Waals surface area contributed by atoms with Crippen LogP contribution in [0.25, 0.3) is 0 Å². The lowest BCUT2D eigenvalue weighted by Crippen LogP contribution is -2.23. The second-order valence-corrected chi connectivity index (χ2v) is 6.76. The predicted molar refractivity (Wildman–Crippen MR) is 96.9 cm³/mol. The molecule has 2 aromatic rings. The number of amides is 1. The fourth-order valence-corrected chi connectivity index (χ4v) is 3.30. The van der Waals surface area contributed by atoms with Crippen molar-refractivity contribution in [2.24, 2.45) is 0 Å². The van der Waals surface area contributed by atoms with E-state index in [2.05, 4.69) is 20.6 Å². The summed E-state index contributed by atoms with van der Waals surface area (Å²) in [6, 6.07) is 5.29. The minimum atomic E-state index is -0.308. The van der Waals surface area contributed by atoms with Gasteiger partial charge < -0.3 is 10.6 Å². The van der Waals surface area contributed by atoms with Gasteiger partial charge in [-0.2, -0.15) is 0 Å². The highest BCUT2D eigenvalue weighted by Gasteiger charge is 2.14. The van der Waals surface area contributed by atoms with Crippen molar-refractivity contribution in [2.45, 2.75) is 38.1 Å². The fraction of sp³-hybridized carbons (Fsp3) is 0.353. The number of carbonyl (C=O) groups is 1. The van der Waals surface area contributed by atoms with E-state index in [-0.39, 0.29) is 5.91 Å². The van der Waals surface area contributed by atoms with Gasteiger partial charge in [-0.15, -0.1) is 0 Å². The van der Waals surface area contributed by atoms with Crippen LogP contribution in [0.2, 0.25) is 10.0 Å². The molecular formula is C17H18Cl2N4O. The van der Waals surface area contributed by atoms with E-state index in [1.54, 1.807) is 18.2 Å². The van der Waals surface area contributed by atoms with E-state index in [4.69, 9.17) is 23.2 Å². The molecule has 0 atom stereocenters. The molecule has 0 unspecified atom stereocenters. The molecule has 1 aromatic heterocycles. The Morgan fingerprint density at radius 1 is 1.00 bits per heavy atom. The molecular weight excluding hydrogens is 347 g/mol. The summed E-state index contributed by atoms with van der Waals surface area (Å²) in [6.45, 7) is 0. The van der Waals surface area contributed by atoms with Crippen molar-refractivity contribution in [1.29, 1.82) is 0 Å². The molecule has 0 spiro atoms. The molecule has 126 valence electrons. The topological polar surface area (TPSA) is 66.9 Å². The van der Waals surface area contributed by atoms with E-state index in [1.807, 2.05) is 0 Å². The van der Waals surface area contributed by atoms with Crippen molar-refractivity contribution >= 4 is 40.7 Å². The number of halogens is 2. The van der Waals surface area contributed by atoms with Gasteiger partial charge in [0.15, 0.2) is 0 Å². The molecule has 1 fully saturated rings. The molecule has 1 aliphatic rings. The first kappa shape index (κ1) is 17.0. The molecule has 1 aliphatic carbocycles. The van der Waals surface area contributed by atoms with Crippen LogP contribution < -0.4 is 10.6 Å². The first-order valence-electron chi connectivity index (χ1n) is 7.96. The largest absolute Gasteiger partial charge is 0.351 e. The molecule has 1 aromatic carbocycles. The Morgan fingerprint density at radius 3 is 2.25 bits per heavy atom. The van der Waals surface area contributed by atoms with Gasteiger partial charge in [0.25, 0.3) is 5.91 Å². The van der Waals surface area contributed by atoms with Crippen molar-refractivity contribution in [3.63, 3.8) is 0 Å². The monoisotopic (exact) mass is 364 g/mol. The summed E-state index contributed by atoms with van der Waals surface area (Å²) in [6.07, 6.45) is 9.08. The van der Waals surface area contributed by atoms with Crippen LogP contribution in [0.15, 0.2) is 30.6 Å². The third kappa shape index (κ3) is 4.58. The van der Waals surface area contributed by atoms with Gasteiger partial charge in [0.2, 0.25) is 5.95 Å². The zero-order valence-corrected chi connectivity index (χ0v) is 14.6. The minimum Gasteiger partial charge on any atom is -0.351 e. The molecule has 3 rings (SSSR count). The molecule has 0 aliphatic heterocycles. The maximum atomic E-state index is 12.2.